The van der Waals surface area contributed by atoms with E-state index in [1.54, 1.807) is 0 Å². The van der Waals surface area contributed by atoms with Gasteiger partial charge in [0.05, 0.1) is 27.8 Å². The van der Waals surface area contributed by atoms with Gasteiger partial charge in [-0.2, -0.15) is 0 Å². The van der Waals surface area contributed by atoms with Crippen molar-refractivity contribution in [3.8, 4) is 0 Å². The first kappa shape index (κ1) is 21.0. The maximum Gasteiger partial charge on any atom is 0.236 e. The fourth-order valence-electron chi connectivity index (χ4n) is 6.37. The summed E-state index contributed by atoms with van der Waals surface area (Å²) in [4.78, 5) is 26.9. The van der Waals surface area contributed by atoms with Crippen LogP contribution >= 0.6 is 0 Å². The van der Waals surface area contributed by atoms with Gasteiger partial charge in [-0.05, 0) is 41.5 Å². The number of benzene rings is 3. The molecule has 1 aromatic heterocycles. The Bertz CT molecular complexity index is 1320. The van der Waals surface area contributed by atoms with Crippen molar-refractivity contribution >= 4 is 16.9 Å². The molecule has 4 aromatic rings. The van der Waals surface area contributed by atoms with Crippen molar-refractivity contribution in [3.05, 3.63) is 107 Å². The highest BCUT2D eigenvalue weighted by atomic mass is 16.2. The molecule has 2 bridgehead atoms. The van der Waals surface area contributed by atoms with E-state index in [0.29, 0.717) is 13.1 Å². The molecule has 4 heteroatoms. The molecule has 1 saturated carbocycles. The summed E-state index contributed by atoms with van der Waals surface area (Å²) < 4.78 is 0. The van der Waals surface area contributed by atoms with E-state index >= 15 is 0 Å². The Morgan fingerprint density at radius 1 is 0.824 bits per heavy atom. The molecule has 4 nitrogen and oxygen atoms in total. The monoisotopic (exact) mass is 447 g/mol. The molecule has 6 rings (SSSR count). The lowest BCUT2D eigenvalue weighted by atomic mass is 9.67. The van der Waals surface area contributed by atoms with Crippen molar-refractivity contribution in [1.82, 2.24) is 14.9 Å². The third-order valence-electron chi connectivity index (χ3n) is 8.20. The van der Waals surface area contributed by atoms with Gasteiger partial charge in [0.1, 0.15) is 0 Å². The lowest BCUT2D eigenvalue weighted by Crippen LogP contribution is -2.51. The quantitative estimate of drug-likeness (QED) is 0.376. The number of nitrogens with zero attached hydrogens (tertiary/aromatic N) is 3. The van der Waals surface area contributed by atoms with Gasteiger partial charge < -0.3 is 4.90 Å². The average Bonchev–Trinajstić information content (AvgIpc) is 3.24. The van der Waals surface area contributed by atoms with Crippen LogP contribution in [0.3, 0.4) is 0 Å². The van der Waals surface area contributed by atoms with Crippen LogP contribution in [-0.4, -0.2) is 20.8 Å². The molecule has 1 fully saturated rings. The largest absolute Gasteiger partial charge is 0.333 e. The summed E-state index contributed by atoms with van der Waals surface area (Å²) in [6.07, 6.45) is 1.80. The standard InChI is InChI=1S/C30H29N3O/c1-29(2)23-17-18-30(29,27-26(23)31-24-15-9-10-16-25(24)32-27)28(34)33(19-21-11-5-3-6-12-21)20-22-13-7-4-8-14-22/h3-16,23H,17-20H2,1-2H3. The van der Waals surface area contributed by atoms with E-state index < -0.39 is 5.41 Å². The molecule has 2 atom stereocenters. The second-order valence-electron chi connectivity index (χ2n) is 10.3. The summed E-state index contributed by atoms with van der Waals surface area (Å²) in [5.74, 6) is 0.426. The van der Waals surface area contributed by atoms with Gasteiger partial charge in [-0.1, -0.05) is 86.6 Å². The van der Waals surface area contributed by atoms with Crippen LogP contribution in [0.1, 0.15) is 55.1 Å². The first-order chi connectivity index (χ1) is 16.5. The van der Waals surface area contributed by atoms with Crippen molar-refractivity contribution in [2.75, 3.05) is 0 Å². The Balaban J connectivity index is 1.48. The minimum Gasteiger partial charge on any atom is -0.333 e. The Morgan fingerprint density at radius 3 is 1.94 bits per heavy atom. The summed E-state index contributed by atoms with van der Waals surface area (Å²) in [6, 6.07) is 28.6. The summed E-state index contributed by atoms with van der Waals surface area (Å²) in [5, 5.41) is 0. The molecule has 1 amide bonds. The zero-order valence-electron chi connectivity index (χ0n) is 19.7. The van der Waals surface area contributed by atoms with Gasteiger partial charge in [0.2, 0.25) is 5.91 Å². The number of carbonyl (C=O) groups is 1. The third kappa shape index (κ3) is 3.01. The highest BCUT2D eigenvalue weighted by Crippen LogP contribution is 2.67. The van der Waals surface area contributed by atoms with Gasteiger partial charge in [-0.3, -0.25) is 4.79 Å². The van der Waals surface area contributed by atoms with Gasteiger partial charge in [0.15, 0.2) is 0 Å². The molecule has 34 heavy (non-hydrogen) atoms. The molecule has 0 N–H and O–H groups in total. The van der Waals surface area contributed by atoms with E-state index in [2.05, 4.69) is 38.1 Å². The predicted molar refractivity (Wildman–Crippen MR) is 134 cm³/mol. The number of para-hydroxylation sites is 2. The summed E-state index contributed by atoms with van der Waals surface area (Å²) >= 11 is 0. The Kier molecular flexibility index (Phi) is 4.80. The van der Waals surface area contributed by atoms with Gasteiger partial charge in [0, 0.05) is 19.0 Å². The van der Waals surface area contributed by atoms with E-state index in [9.17, 15) is 4.79 Å². The van der Waals surface area contributed by atoms with Gasteiger partial charge in [0.25, 0.3) is 0 Å². The van der Waals surface area contributed by atoms with E-state index in [-0.39, 0.29) is 17.2 Å². The molecule has 170 valence electrons. The molecule has 1 heterocycles. The van der Waals surface area contributed by atoms with Crippen LogP contribution in [0.2, 0.25) is 0 Å². The average molecular weight is 448 g/mol. The number of fused-ring (bicyclic) bond motifs is 6. The van der Waals surface area contributed by atoms with Crippen LogP contribution in [0.4, 0.5) is 0 Å². The molecule has 0 aliphatic heterocycles. The molecule has 3 aromatic carbocycles. The maximum absolute atomic E-state index is 14.7. The molecule has 2 unspecified atom stereocenters. The first-order valence-electron chi connectivity index (χ1n) is 12.1. The van der Waals surface area contributed by atoms with Gasteiger partial charge in [-0.25, -0.2) is 9.97 Å². The van der Waals surface area contributed by atoms with Crippen LogP contribution in [-0.2, 0) is 23.3 Å². The Labute approximate surface area is 200 Å². The fourth-order valence-corrected chi connectivity index (χ4v) is 6.37. The number of amides is 1. The lowest BCUT2D eigenvalue weighted by molar-refractivity contribution is -0.142. The number of rotatable bonds is 5. The van der Waals surface area contributed by atoms with E-state index in [4.69, 9.17) is 9.97 Å². The number of hydrogen-bond donors (Lipinski definition) is 0. The summed E-state index contributed by atoms with van der Waals surface area (Å²) in [5.41, 5.74) is 5.10. The zero-order chi connectivity index (χ0) is 23.3. The maximum atomic E-state index is 14.7. The van der Waals surface area contributed by atoms with Crippen molar-refractivity contribution in [1.29, 1.82) is 0 Å². The van der Waals surface area contributed by atoms with Gasteiger partial charge in [-0.15, -0.1) is 0 Å². The topological polar surface area (TPSA) is 46.1 Å². The minimum absolute atomic E-state index is 0.177. The van der Waals surface area contributed by atoms with Crippen LogP contribution < -0.4 is 0 Å². The number of carbonyl (C=O) groups excluding carboxylic acids is 1. The molecule has 2 aliphatic rings. The predicted octanol–water partition coefficient (Wildman–Crippen LogP) is 6.01. The fraction of sp³-hybridized carbons (Fsp3) is 0.300. The Hall–Kier alpha value is -3.53. The number of aromatic nitrogens is 2. The molecule has 0 saturated heterocycles. The van der Waals surface area contributed by atoms with Crippen molar-refractivity contribution in [2.45, 2.75) is 51.1 Å². The highest BCUT2D eigenvalue weighted by molar-refractivity contribution is 5.92. The van der Waals surface area contributed by atoms with Crippen molar-refractivity contribution < 1.29 is 4.79 Å². The van der Waals surface area contributed by atoms with E-state index in [1.165, 1.54) is 0 Å². The second-order valence-corrected chi connectivity index (χ2v) is 10.3. The SMILES string of the molecule is CC1(C)C2CCC1(C(=O)N(Cc1ccccc1)Cc1ccccc1)c1nc3ccccc3nc12. The van der Waals surface area contributed by atoms with Crippen LogP contribution in [0.25, 0.3) is 11.0 Å². The number of hydrogen-bond acceptors (Lipinski definition) is 3. The third-order valence-corrected chi connectivity index (χ3v) is 8.20. The second kappa shape index (κ2) is 7.76. The summed E-state index contributed by atoms with van der Waals surface area (Å²) in [7, 11) is 0. The van der Waals surface area contributed by atoms with Crippen LogP contribution in [0.5, 0.6) is 0 Å². The van der Waals surface area contributed by atoms with E-state index in [1.807, 2.05) is 65.6 Å². The zero-order valence-corrected chi connectivity index (χ0v) is 19.7. The summed E-state index contributed by atoms with van der Waals surface area (Å²) in [6.45, 7) is 5.65. The van der Waals surface area contributed by atoms with Crippen LogP contribution in [0, 0.1) is 5.41 Å². The first-order valence-corrected chi connectivity index (χ1v) is 12.1. The molecular formula is C30H29N3O. The highest BCUT2D eigenvalue weighted by Gasteiger charge is 2.68. The Morgan fingerprint density at radius 2 is 1.35 bits per heavy atom. The van der Waals surface area contributed by atoms with Crippen molar-refractivity contribution in [2.24, 2.45) is 5.41 Å². The van der Waals surface area contributed by atoms with Crippen LogP contribution in [0.15, 0.2) is 84.9 Å². The van der Waals surface area contributed by atoms with E-state index in [0.717, 1.165) is 46.4 Å². The lowest BCUT2D eigenvalue weighted by Gasteiger charge is -2.40. The molecule has 2 aliphatic carbocycles. The molecule has 0 spiro atoms. The molecule has 0 radical (unpaired) electrons. The van der Waals surface area contributed by atoms with Gasteiger partial charge >= 0.3 is 0 Å². The van der Waals surface area contributed by atoms with Crippen molar-refractivity contribution in [3.63, 3.8) is 0 Å². The molecular weight excluding hydrogens is 418 g/mol. The minimum atomic E-state index is -0.659. The smallest absolute Gasteiger partial charge is 0.236 e. The normalized spacial score (nSPS) is 22.0.